The molecule has 0 spiro atoms. The summed E-state index contributed by atoms with van der Waals surface area (Å²) in [5.41, 5.74) is 5.98. The molecule has 7 nitrogen and oxygen atoms in total. The van der Waals surface area contributed by atoms with Gasteiger partial charge in [0, 0.05) is 29.3 Å². The number of hydrogen-bond acceptors (Lipinski definition) is 4. The molecule has 1 unspecified atom stereocenters. The average molecular weight is 323 g/mol. The maximum Gasteiger partial charge on any atom is 0.316 e. The molecule has 1 aliphatic heterocycles. The number of nitrogens with two attached hydrogens (primary N) is 1. The first-order valence-corrected chi connectivity index (χ1v) is 7.90. The molecule has 8 heteroatoms. The number of anilines is 1. The molecule has 2 rings (SSSR count). The van der Waals surface area contributed by atoms with E-state index in [1.54, 1.807) is 40.9 Å². The number of carbonyl (C=O) groups excluding carboxylic acids is 2. The molecule has 0 radical (unpaired) electrons. The molecule has 1 atom stereocenters. The molecule has 0 aliphatic carbocycles. The lowest BCUT2D eigenvalue weighted by molar-refractivity contribution is -0.138. The van der Waals surface area contributed by atoms with E-state index in [4.69, 9.17) is 10.8 Å². The summed E-state index contributed by atoms with van der Waals surface area (Å²) in [5, 5.41) is 11.4. The molecule has 0 saturated carbocycles. The van der Waals surface area contributed by atoms with Gasteiger partial charge in [0.05, 0.1) is 12.5 Å². The van der Waals surface area contributed by atoms with Gasteiger partial charge in [-0.05, 0) is 24.3 Å². The molecule has 118 valence electrons. The predicted octanol–water partition coefficient (Wildman–Crippen LogP) is 1.21. The number of carboxylic acid groups (broad SMARTS) is 1. The Morgan fingerprint density at radius 2 is 2.00 bits per heavy atom. The van der Waals surface area contributed by atoms with Gasteiger partial charge in [0.1, 0.15) is 0 Å². The van der Waals surface area contributed by atoms with E-state index < -0.39 is 12.0 Å². The second-order valence-corrected chi connectivity index (χ2v) is 6.04. The van der Waals surface area contributed by atoms with Crippen molar-refractivity contribution < 1.29 is 19.5 Å². The fourth-order valence-electron chi connectivity index (χ4n) is 2.30. The van der Waals surface area contributed by atoms with Crippen LogP contribution in [0, 0.1) is 0 Å². The molecule has 1 saturated heterocycles. The number of amides is 3. The van der Waals surface area contributed by atoms with Gasteiger partial charge in [-0.2, -0.15) is 11.8 Å². The SMILES string of the molecule is NC(=O)Nc1ccc(C(=O)N2CCSCC2CC(=O)O)cc1. The van der Waals surface area contributed by atoms with Gasteiger partial charge in [-0.1, -0.05) is 0 Å². The molecule has 1 aliphatic rings. The van der Waals surface area contributed by atoms with Crippen LogP contribution in [-0.4, -0.2) is 52.0 Å². The fourth-order valence-corrected chi connectivity index (χ4v) is 3.36. The zero-order chi connectivity index (χ0) is 16.1. The van der Waals surface area contributed by atoms with Gasteiger partial charge in [0.25, 0.3) is 5.91 Å². The van der Waals surface area contributed by atoms with Gasteiger partial charge >= 0.3 is 12.0 Å². The minimum absolute atomic E-state index is 0.0555. The Labute approximate surface area is 131 Å². The number of benzene rings is 1. The van der Waals surface area contributed by atoms with Gasteiger partial charge < -0.3 is 21.1 Å². The lowest BCUT2D eigenvalue weighted by Gasteiger charge is -2.34. The lowest BCUT2D eigenvalue weighted by Crippen LogP contribution is -2.47. The van der Waals surface area contributed by atoms with Crippen LogP contribution in [0.25, 0.3) is 0 Å². The van der Waals surface area contributed by atoms with Gasteiger partial charge in [0.15, 0.2) is 0 Å². The molecule has 22 heavy (non-hydrogen) atoms. The monoisotopic (exact) mass is 323 g/mol. The van der Waals surface area contributed by atoms with Gasteiger partial charge in [-0.15, -0.1) is 0 Å². The van der Waals surface area contributed by atoms with Gasteiger partial charge in [-0.3, -0.25) is 9.59 Å². The number of thioether (sulfide) groups is 1. The first-order chi connectivity index (χ1) is 10.5. The van der Waals surface area contributed by atoms with Crippen LogP contribution in [0.3, 0.4) is 0 Å². The molecule has 0 aromatic heterocycles. The van der Waals surface area contributed by atoms with E-state index in [1.165, 1.54) is 0 Å². The van der Waals surface area contributed by atoms with E-state index in [9.17, 15) is 14.4 Å². The van der Waals surface area contributed by atoms with Crippen LogP contribution in [0.2, 0.25) is 0 Å². The Bertz CT molecular complexity index is 576. The summed E-state index contributed by atoms with van der Waals surface area (Å²) in [6.07, 6.45) is -0.0555. The van der Waals surface area contributed by atoms with Crippen molar-refractivity contribution in [2.24, 2.45) is 5.73 Å². The summed E-state index contributed by atoms with van der Waals surface area (Å²) < 4.78 is 0. The van der Waals surface area contributed by atoms with E-state index in [-0.39, 0.29) is 18.4 Å². The summed E-state index contributed by atoms with van der Waals surface area (Å²) in [5.74, 6) is 0.311. The number of carboxylic acids is 1. The van der Waals surface area contributed by atoms with E-state index >= 15 is 0 Å². The molecule has 3 amide bonds. The largest absolute Gasteiger partial charge is 0.481 e. The molecule has 1 heterocycles. The quantitative estimate of drug-likeness (QED) is 0.771. The highest BCUT2D eigenvalue weighted by molar-refractivity contribution is 7.99. The van der Waals surface area contributed by atoms with Crippen LogP contribution in [-0.2, 0) is 4.79 Å². The summed E-state index contributed by atoms with van der Waals surface area (Å²) in [7, 11) is 0. The zero-order valence-corrected chi connectivity index (χ0v) is 12.6. The molecule has 0 bridgehead atoms. The Morgan fingerprint density at radius 3 is 2.59 bits per heavy atom. The number of urea groups is 1. The molecular weight excluding hydrogens is 306 g/mol. The summed E-state index contributed by atoms with van der Waals surface area (Å²) in [4.78, 5) is 35.8. The number of carbonyl (C=O) groups is 3. The predicted molar refractivity (Wildman–Crippen MR) is 84.1 cm³/mol. The van der Waals surface area contributed by atoms with Crippen molar-refractivity contribution in [3.8, 4) is 0 Å². The fraction of sp³-hybridized carbons (Fsp3) is 0.357. The van der Waals surface area contributed by atoms with Crippen molar-refractivity contribution in [2.75, 3.05) is 23.4 Å². The van der Waals surface area contributed by atoms with Crippen LogP contribution in [0.15, 0.2) is 24.3 Å². The number of rotatable bonds is 4. The number of primary amides is 1. The third kappa shape index (κ3) is 4.14. The van der Waals surface area contributed by atoms with Crippen molar-refractivity contribution in [2.45, 2.75) is 12.5 Å². The Kier molecular flexibility index (Phi) is 5.26. The first-order valence-electron chi connectivity index (χ1n) is 6.74. The molecular formula is C14H17N3O4S. The third-order valence-electron chi connectivity index (χ3n) is 3.30. The minimum atomic E-state index is -0.911. The Hall–Kier alpha value is -2.22. The van der Waals surface area contributed by atoms with Gasteiger partial charge in [0.2, 0.25) is 0 Å². The maximum absolute atomic E-state index is 12.5. The van der Waals surface area contributed by atoms with Crippen LogP contribution in [0.5, 0.6) is 0 Å². The van der Waals surface area contributed by atoms with E-state index in [2.05, 4.69) is 5.32 Å². The second kappa shape index (κ2) is 7.17. The average Bonchev–Trinajstić information content (AvgIpc) is 2.47. The molecule has 4 N–H and O–H groups in total. The first kappa shape index (κ1) is 16.2. The number of aliphatic carboxylic acids is 1. The van der Waals surface area contributed by atoms with E-state index in [0.717, 1.165) is 5.75 Å². The Morgan fingerprint density at radius 1 is 1.32 bits per heavy atom. The number of hydrogen-bond donors (Lipinski definition) is 3. The lowest BCUT2D eigenvalue weighted by atomic mass is 10.1. The zero-order valence-electron chi connectivity index (χ0n) is 11.8. The normalized spacial score (nSPS) is 17.8. The summed E-state index contributed by atoms with van der Waals surface area (Å²) >= 11 is 1.65. The van der Waals surface area contributed by atoms with Crippen molar-refractivity contribution in [3.63, 3.8) is 0 Å². The van der Waals surface area contributed by atoms with Crippen LogP contribution >= 0.6 is 11.8 Å². The smallest absolute Gasteiger partial charge is 0.316 e. The molecule has 1 aromatic carbocycles. The van der Waals surface area contributed by atoms with Crippen LogP contribution in [0.4, 0.5) is 10.5 Å². The van der Waals surface area contributed by atoms with E-state index in [1.807, 2.05) is 0 Å². The van der Waals surface area contributed by atoms with Crippen LogP contribution < -0.4 is 11.1 Å². The van der Waals surface area contributed by atoms with Crippen molar-refractivity contribution in [1.29, 1.82) is 0 Å². The van der Waals surface area contributed by atoms with Crippen molar-refractivity contribution in [1.82, 2.24) is 4.90 Å². The highest BCUT2D eigenvalue weighted by Crippen LogP contribution is 2.22. The van der Waals surface area contributed by atoms with Crippen molar-refractivity contribution in [3.05, 3.63) is 29.8 Å². The number of nitrogens with one attached hydrogen (secondary N) is 1. The molecule has 1 aromatic rings. The summed E-state index contributed by atoms with van der Waals surface area (Å²) in [6, 6.07) is 5.38. The topological polar surface area (TPSA) is 113 Å². The number of nitrogens with zero attached hydrogens (tertiary/aromatic N) is 1. The highest BCUT2D eigenvalue weighted by Gasteiger charge is 2.29. The minimum Gasteiger partial charge on any atom is -0.481 e. The highest BCUT2D eigenvalue weighted by atomic mass is 32.2. The van der Waals surface area contributed by atoms with Crippen LogP contribution in [0.1, 0.15) is 16.8 Å². The summed E-state index contributed by atoms with van der Waals surface area (Å²) in [6.45, 7) is 0.530. The van der Waals surface area contributed by atoms with Crippen molar-refractivity contribution >= 4 is 35.4 Å². The Balaban J connectivity index is 2.11. The second-order valence-electron chi connectivity index (χ2n) is 4.89. The van der Waals surface area contributed by atoms with Gasteiger partial charge in [-0.25, -0.2) is 4.79 Å². The standard InChI is InChI=1S/C14H17N3O4S/c15-14(21)16-10-3-1-9(2-4-10)13(20)17-5-6-22-8-11(17)7-12(18)19/h1-4,11H,5-8H2,(H,18,19)(H3,15,16,21). The van der Waals surface area contributed by atoms with E-state index in [0.29, 0.717) is 23.5 Å². The maximum atomic E-state index is 12.5. The molecule has 1 fully saturated rings. The third-order valence-corrected chi connectivity index (χ3v) is 4.39.